The number of hydrogen-bond donors (Lipinski definition) is 0. The van der Waals surface area contributed by atoms with E-state index in [0.29, 0.717) is 34.3 Å². The Labute approximate surface area is 163 Å². The van der Waals surface area contributed by atoms with E-state index in [1.165, 1.54) is 0 Å². The van der Waals surface area contributed by atoms with Gasteiger partial charge in [-0.2, -0.15) is 0 Å². The second kappa shape index (κ2) is 7.68. The molecule has 0 saturated carbocycles. The molecule has 0 N–H and O–H groups in total. The Hall–Kier alpha value is -2.04. The summed E-state index contributed by atoms with van der Waals surface area (Å²) in [5.74, 6) is -0.223. The summed E-state index contributed by atoms with van der Waals surface area (Å²) >= 11 is 12.3. The van der Waals surface area contributed by atoms with Gasteiger partial charge < -0.3 is 9.80 Å². The summed E-state index contributed by atoms with van der Waals surface area (Å²) in [4.78, 5) is 29.3. The van der Waals surface area contributed by atoms with Crippen molar-refractivity contribution >= 4 is 35.0 Å². The van der Waals surface area contributed by atoms with Crippen LogP contribution in [-0.4, -0.2) is 46.8 Å². The van der Waals surface area contributed by atoms with Crippen molar-refractivity contribution < 1.29 is 9.59 Å². The summed E-state index contributed by atoms with van der Waals surface area (Å²) in [7, 11) is 0. The minimum absolute atomic E-state index is 0.111. The third-order valence-electron chi connectivity index (χ3n) is 4.72. The van der Waals surface area contributed by atoms with Gasteiger partial charge in [-0.15, -0.1) is 0 Å². The van der Waals surface area contributed by atoms with Gasteiger partial charge in [0.1, 0.15) is 0 Å². The molecular weight excluding hydrogens is 371 g/mol. The van der Waals surface area contributed by atoms with E-state index >= 15 is 0 Å². The van der Waals surface area contributed by atoms with E-state index in [9.17, 15) is 9.59 Å². The Kier molecular flexibility index (Phi) is 5.54. The van der Waals surface area contributed by atoms with Gasteiger partial charge in [0.15, 0.2) is 0 Å². The maximum absolute atomic E-state index is 12.9. The molecule has 1 aliphatic rings. The number of hydrogen-bond acceptors (Lipinski definition) is 2. The van der Waals surface area contributed by atoms with Crippen LogP contribution in [0.5, 0.6) is 0 Å². The van der Waals surface area contributed by atoms with Crippen LogP contribution in [0.3, 0.4) is 0 Å². The average molecular weight is 391 g/mol. The van der Waals surface area contributed by atoms with Crippen LogP contribution >= 0.6 is 23.2 Å². The molecule has 0 aromatic heterocycles. The van der Waals surface area contributed by atoms with Crippen molar-refractivity contribution in [3.05, 3.63) is 69.7 Å². The lowest BCUT2D eigenvalue weighted by Crippen LogP contribution is -2.59. The summed E-state index contributed by atoms with van der Waals surface area (Å²) < 4.78 is 0. The minimum atomic E-state index is -0.124. The van der Waals surface area contributed by atoms with E-state index in [0.717, 1.165) is 0 Å². The Balaban J connectivity index is 1.79. The van der Waals surface area contributed by atoms with Crippen LogP contribution in [0.25, 0.3) is 0 Å². The highest BCUT2D eigenvalue weighted by atomic mass is 35.5. The second-order valence-corrected chi connectivity index (χ2v) is 7.39. The van der Waals surface area contributed by atoms with Crippen molar-refractivity contribution in [3.8, 4) is 0 Å². The van der Waals surface area contributed by atoms with E-state index in [1.54, 1.807) is 58.3 Å². The third kappa shape index (κ3) is 3.57. The first-order valence-electron chi connectivity index (χ1n) is 8.51. The molecule has 0 aliphatic carbocycles. The topological polar surface area (TPSA) is 40.6 Å². The molecule has 1 fully saturated rings. The van der Waals surface area contributed by atoms with Crippen molar-refractivity contribution in [2.45, 2.75) is 25.9 Å². The van der Waals surface area contributed by atoms with Crippen molar-refractivity contribution in [1.82, 2.24) is 9.80 Å². The van der Waals surface area contributed by atoms with Crippen LogP contribution in [0, 0.1) is 0 Å². The predicted octanol–water partition coefficient (Wildman–Crippen LogP) is 4.37. The maximum atomic E-state index is 12.9. The number of benzene rings is 2. The Morgan fingerprint density at radius 2 is 1.12 bits per heavy atom. The summed E-state index contributed by atoms with van der Waals surface area (Å²) in [6.45, 7) is 4.77. The molecule has 0 bridgehead atoms. The quantitative estimate of drug-likeness (QED) is 0.763. The predicted molar refractivity (Wildman–Crippen MR) is 104 cm³/mol. The smallest absolute Gasteiger partial charge is 0.255 e. The van der Waals surface area contributed by atoms with Gasteiger partial charge in [0, 0.05) is 25.2 Å². The molecule has 136 valence electrons. The molecule has 3 rings (SSSR count). The number of carbonyl (C=O) groups is 2. The molecule has 1 heterocycles. The first-order chi connectivity index (χ1) is 12.4. The van der Waals surface area contributed by atoms with Crippen LogP contribution in [0.15, 0.2) is 48.5 Å². The number of piperazine rings is 1. The lowest BCUT2D eigenvalue weighted by atomic mass is 10.0. The highest BCUT2D eigenvalue weighted by Crippen LogP contribution is 2.25. The van der Waals surface area contributed by atoms with Gasteiger partial charge in [-0.25, -0.2) is 0 Å². The molecule has 1 saturated heterocycles. The molecule has 2 aromatic carbocycles. The van der Waals surface area contributed by atoms with Crippen molar-refractivity contribution in [2.24, 2.45) is 0 Å². The zero-order chi connectivity index (χ0) is 18.8. The highest BCUT2D eigenvalue weighted by molar-refractivity contribution is 6.34. The number of halogens is 2. The van der Waals surface area contributed by atoms with E-state index in [-0.39, 0.29) is 23.9 Å². The van der Waals surface area contributed by atoms with Gasteiger partial charge >= 0.3 is 0 Å². The van der Waals surface area contributed by atoms with E-state index in [2.05, 4.69) is 0 Å². The fourth-order valence-electron chi connectivity index (χ4n) is 3.27. The van der Waals surface area contributed by atoms with Crippen molar-refractivity contribution in [1.29, 1.82) is 0 Å². The third-order valence-corrected chi connectivity index (χ3v) is 5.38. The fourth-order valence-corrected chi connectivity index (χ4v) is 3.70. The normalized spacial score (nSPS) is 20.2. The largest absolute Gasteiger partial charge is 0.332 e. The standard InChI is InChI=1S/C20H20Cl2N2O2/c1-13-11-24(20(26)16-8-4-6-10-18(16)22)14(2)12-23(13)19(25)15-7-3-5-9-17(15)21/h3-10,13-14H,11-12H2,1-2H3/t13-,14-/m0/s1. The fraction of sp³-hybridized carbons (Fsp3) is 0.300. The number of nitrogens with zero attached hydrogens (tertiary/aromatic N) is 2. The maximum Gasteiger partial charge on any atom is 0.255 e. The molecule has 4 nitrogen and oxygen atoms in total. The van der Waals surface area contributed by atoms with Crippen LogP contribution < -0.4 is 0 Å². The SMILES string of the molecule is C[C@H]1CN(C(=O)c2ccccc2Cl)[C@@H](C)CN1C(=O)c1ccccc1Cl. The Morgan fingerprint density at radius 1 is 0.769 bits per heavy atom. The van der Waals surface area contributed by atoms with Crippen LogP contribution in [0.2, 0.25) is 10.0 Å². The van der Waals surface area contributed by atoms with Crippen LogP contribution in [0.1, 0.15) is 34.6 Å². The van der Waals surface area contributed by atoms with E-state index < -0.39 is 0 Å². The molecule has 2 atom stereocenters. The number of carbonyl (C=O) groups excluding carboxylic acids is 2. The Bertz CT molecular complexity index is 771. The van der Waals surface area contributed by atoms with E-state index in [4.69, 9.17) is 23.2 Å². The van der Waals surface area contributed by atoms with Gasteiger partial charge in [-0.3, -0.25) is 9.59 Å². The number of rotatable bonds is 2. The van der Waals surface area contributed by atoms with Gasteiger partial charge in [0.05, 0.1) is 21.2 Å². The highest BCUT2D eigenvalue weighted by Gasteiger charge is 2.35. The van der Waals surface area contributed by atoms with Gasteiger partial charge in [-0.05, 0) is 38.1 Å². The monoisotopic (exact) mass is 390 g/mol. The summed E-state index contributed by atoms with van der Waals surface area (Å²) in [6.07, 6.45) is 0. The van der Waals surface area contributed by atoms with Gasteiger partial charge in [0.2, 0.25) is 0 Å². The number of amides is 2. The van der Waals surface area contributed by atoms with Crippen LogP contribution in [-0.2, 0) is 0 Å². The van der Waals surface area contributed by atoms with Crippen LogP contribution in [0.4, 0.5) is 0 Å². The van der Waals surface area contributed by atoms with Gasteiger partial charge in [0.25, 0.3) is 11.8 Å². The molecular formula is C20H20Cl2N2O2. The zero-order valence-electron chi connectivity index (χ0n) is 14.7. The lowest BCUT2D eigenvalue weighted by molar-refractivity contribution is 0.0270. The molecule has 0 unspecified atom stereocenters. The van der Waals surface area contributed by atoms with Crippen molar-refractivity contribution in [2.75, 3.05) is 13.1 Å². The molecule has 2 amide bonds. The molecule has 2 aromatic rings. The summed E-state index contributed by atoms with van der Waals surface area (Å²) in [5.41, 5.74) is 0.971. The van der Waals surface area contributed by atoms with Gasteiger partial charge in [-0.1, -0.05) is 47.5 Å². The van der Waals surface area contributed by atoms with E-state index in [1.807, 2.05) is 13.8 Å². The van der Waals surface area contributed by atoms with Crippen molar-refractivity contribution in [3.63, 3.8) is 0 Å². The Morgan fingerprint density at radius 3 is 1.46 bits per heavy atom. The first kappa shape index (κ1) is 18.7. The molecule has 6 heteroatoms. The minimum Gasteiger partial charge on any atom is -0.332 e. The second-order valence-electron chi connectivity index (χ2n) is 6.57. The molecule has 26 heavy (non-hydrogen) atoms. The lowest BCUT2D eigenvalue weighted by Gasteiger charge is -2.44. The summed E-state index contributed by atoms with van der Waals surface area (Å²) in [5, 5.41) is 0.874. The molecule has 0 spiro atoms. The first-order valence-corrected chi connectivity index (χ1v) is 9.26. The summed E-state index contributed by atoms with van der Waals surface area (Å²) in [6, 6.07) is 13.8. The molecule has 1 aliphatic heterocycles. The molecule has 0 radical (unpaired) electrons. The zero-order valence-corrected chi connectivity index (χ0v) is 16.2. The average Bonchev–Trinajstić information content (AvgIpc) is 2.63.